The van der Waals surface area contributed by atoms with Crippen molar-refractivity contribution in [1.82, 2.24) is 0 Å². The standard InChI is InChI=1S/C46H84NO9P/c1-6-8-10-12-14-15-16-17-18-19-20-21-22-23-24-28-33-37-46(49)55-42(41-54-57(50,51)53-39-38-47(3,4)5)40-52-45(48)36-32-29-25-27-31-35-44-43(56-44)34-30-26-13-11-9-7-2/h14-15,17-18,26,30,42-44H,6-13,16,19-25,27-29,31-41H2,1-5H3/p+1/b15-14-,18-17-,30-26-/t42-,43?,44?/m1/s1. The summed E-state index contributed by atoms with van der Waals surface area (Å²) >= 11 is 0. The summed E-state index contributed by atoms with van der Waals surface area (Å²) in [6, 6.07) is 0. The largest absolute Gasteiger partial charge is 0.472 e. The predicted octanol–water partition coefficient (Wildman–Crippen LogP) is 11.9. The molecule has 0 saturated carbocycles. The summed E-state index contributed by atoms with van der Waals surface area (Å²) in [6.07, 6.45) is 40.6. The van der Waals surface area contributed by atoms with E-state index >= 15 is 0 Å². The van der Waals surface area contributed by atoms with Gasteiger partial charge in [-0.25, -0.2) is 4.57 Å². The Hall–Kier alpha value is -1.81. The van der Waals surface area contributed by atoms with Crippen LogP contribution in [0.4, 0.5) is 0 Å². The maximum Gasteiger partial charge on any atom is 0.472 e. The van der Waals surface area contributed by atoms with Gasteiger partial charge in [0, 0.05) is 12.8 Å². The average Bonchev–Trinajstić information content (AvgIpc) is 3.92. The van der Waals surface area contributed by atoms with Gasteiger partial charge in [-0.15, -0.1) is 0 Å². The summed E-state index contributed by atoms with van der Waals surface area (Å²) in [4.78, 5) is 35.4. The summed E-state index contributed by atoms with van der Waals surface area (Å²) in [5.41, 5.74) is 0. The predicted molar refractivity (Wildman–Crippen MR) is 233 cm³/mol. The lowest BCUT2D eigenvalue weighted by Gasteiger charge is -2.24. The van der Waals surface area contributed by atoms with Crippen LogP contribution in [0.1, 0.15) is 181 Å². The molecule has 0 aliphatic carbocycles. The first-order valence-electron chi connectivity index (χ1n) is 22.8. The molecule has 0 aromatic rings. The minimum Gasteiger partial charge on any atom is -0.462 e. The average molecular weight is 827 g/mol. The molecule has 332 valence electrons. The zero-order chi connectivity index (χ0) is 41.9. The van der Waals surface area contributed by atoms with E-state index in [0.717, 1.165) is 70.6 Å². The fourth-order valence-electron chi connectivity index (χ4n) is 6.34. The molecule has 1 rings (SSSR count). The van der Waals surface area contributed by atoms with Gasteiger partial charge in [-0.05, 0) is 70.6 Å². The Morgan fingerprint density at radius 3 is 1.77 bits per heavy atom. The lowest BCUT2D eigenvalue weighted by molar-refractivity contribution is -0.870. The first-order valence-corrected chi connectivity index (χ1v) is 24.3. The molecule has 1 fully saturated rings. The van der Waals surface area contributed by atoms with Crippen molar-refractivity contribution in [2.45, 2.75) is 199 Å². The topological polar surface area (TPSA) is 121 Å². The van der Waals surface area contributed by atoms with Crippen molar-refractivity contribution in [2.75, 3.05) is 47.5 Å². The number of hydrogen-bond donors (Lipinski definition) is 1. The normalized spacial score (nSPS) is 17.4. The molecule has 0 bridgehead atoms. The van der Waals surface area contributed by atoms with Crippen LogP contribution in [0.2, 0.25) is 0 Å². The van der Waals surface area contributed by atoms with Crippen LogP contribution in [-0.4, -0.2) is 87.1 Å². The second-order valence-corrected chi connectivity index (χ2v) is 18.3. The molecule has 0 aromatic carbocycles. The Labute approximate surface area is 348 Å². The number of carbonyl (C=O) groups excluding carboxylic acids is 2. The van der Waals surface area contributed by atoms with E-state index in [9.17, 15) is 19.0 Å². The maximum atomic E-state index is 12.7. The number of hydrogen-bond acceptors (Lipinski definition) is 8. The molecule has 4 atom stereocenters. The minimum atomic E-state index is -4.39. The molecule has 10 nitrogen and oxygen atoms in total. The maximum absolute atomic E-state index is 12.7. The van der Waals surface area contributed by atoms with Crippen molar-refractivity contribution in [2.24, 2.45) is 0 Å². The number of unbranched alkanes of at least 4 members (excludes halogenated alkanes) is 17. The van der Waals surface area contributed by atoms with E-state index in [2.05, 4.69) is 50.3 Å². The Kier molecular flexibility index (Phi) is 32.7. The van der Waals surface area contributed by atoms with E-state index in [0.29, 0.717) is 36.1 Å². The van der Waals surface area contributed by atoms with Crippen molar-refractivity contribution in [3.63, 3.8) is 0 Å². The second kappa shape index (κ2) is 35.0. The zero-order valence-corrected chi connectivity index (χ0v) is 37.9. The van der Waals surface area contributed by atoms with E-state index in [1.807, 2.05) is 21.1 Å². The van der Waals surface area contributed by atoms with E-state index in [1.165, 1.54) is 70.6 Å². The van der Waals surface area contributed by atoms with Gasteiger partial charge in [-0.2, -0.15) is 0 Å². The quantitative estimate of drug-likeness (QED) is 0.0161. The van der Waals surface area contributed by atoms with Gasteiger partial charge < -0.3 is 23.6 Å². The van der Waals surface area contributed by atoms with Gasteiger partial charge in [0.1, 0.15) is 19.8 Å². The number of allylic oxidation sites excluding steroid dienone is 5. The molecule has 0 spiro atoms. The van der Waals surface area contributed by atoms with Crippen LogP contribution in [0.3, 0.4) is 0 Å². The molecule has 57 heavy (non-hydrogen) atoms. The van der Waals surface area contributed by atoms with E-state index in [-0.39, 0.29) is 32.0 Å². The van der Waals surface area contributed by atoms with Crippen molar-refractivity contribution < 1.29 is 46.8 Å². The van der Waals surface area contributed by atoms with Crippen LogP contribution < -0.4 is 0 Å². The highest BCUT2D eigenvalue weighted by molar-refractivity contribution is 7.47. The van der Waals surface area contributed by atoms with Gasteiger partial charge >= 0.3 is 19.8 Å². The number of phosphoric acid groups is 1. The van der Waals surface area contributed by atoms with Gasteiger partial charge in [0.2, 0.25) is 0 Å². The number of rotatable bonds is 40. The van der Waals surface area contributed by atoms with Crippen LogP contribution in [0.15, 0.2) is 36.5 Å². The van der Waals surface area contributed by atoms with Crippen LogP contribution in [0.25, 0.3) is 0 Å². The van der Waals surface area contributed by atoms with Crippen molar-refractivity contribution >= 4 is 19.8 Å². The molecular formula is C46H85NO9P+. The molecule has 3 unspecified atom stereocenters. The van der Waals surface area contributed by atoms with Gasteiger partial charge in [0.25, 0.3) is 0 Å². The number of quaternary nitrogens is 1. The Bertz CT molecular complexity index is 1140. The minimum absolute atomic E-state index is 0.0244. The van der Waals surface area contributed by atoms with Gasteiger partial charge in [0.05, 0.1) is 40.0 Å². The number of carbonyl (C=O) groups is 2. The lowest BCUT2D eigenvalue weighted by Crippen LogP contribution is -2.37. The van der Waals surface area contributed by atoms with E-state index in [4.69, 9.17) is 23.3 Å². The molecule has 1 saturated heterocycles. The summed E-state index contributed by atoms with van der Waals surface area (Å²) in [6.45, 7) is 4.33. The van der Waals surface area contributed by atoms with E-state index < -0.39 is 26.5 Å². The van der Waals surface area contributed by atoms with Crippen molar-refractivity contribution in [1.29, 1.82) is 0 Å². The fraction of sp³-hybridized carbons (Fsp3) is 0.826. The highest BCUT2D eigenvalue weighted by Gasteiger charge is 2.36. The Balaban J connectivity index is 2.28. The third-order valence-corrected chi connectivity index (χ3v) is 11.1. The molecule has 1 heterocycles. The third-order valence-electron chi connectivity index (χ3n) is 10.1. The summed E-state index contributed by atoms with van der Waals surface area (Å²) in [7, 11) is 1.45. The number of esters is 2. The van der Waals surface area contributed by atoms with Gasteiger partial charge in [0.15, 0.2) is 6.10 Å². The zero-order valence-electron chi connectivity index (χ0n) is 37.0. The highest BCUT2D eigenvalue weighted by Crippen LogP contribution is 2.43. The fourth-order valence-corrected chi connectivity index (χ4v) is 7.09. The van der Waals surface area contributed by atoms with Crippen LogP contribution in [-0.2, 0) is 37.4 Å². The Morgan fingerprint density at radius 1 is 0.649 bits per heavy atom. The summed E-state index contributed by atoms with van der Waals surface area (Å²) < 4.78 is 40.2. The van der Waals surface area contributed by atoms with Gasteiger partial charge in [-0.3, -0.25) is 18.6 Å². The van der Waals surface area contributed by atoms with Crippen LogP contribution in [0.5, 0.6) is 0 Å². The number of likely N-dealkylation sites (N-methyl/N-ethyl adjacent to an activating group) is 1. The molecule has 11 heteroatoms. The monoisotopic (exact) mass is 827 g/mol. The molecular weight excluding hydrogens is 741 g/mol. The first kappa shape index (κ1) is 53.2. The second-order valence-electron chi connectivity index (χ2n) is 16.8. The van der Waals surface area contributed by atoms with Crippen LogP contribution >= 0.6 is 7.82 Å². The Morgan fingerprint density at radius 2 is 1.18 bits per heavy atom. The molecule has 1 aliphatic heterocycles. The van der Waals surface area contributed by atoms with Gasteiger partial charge in [-0.1, -0.05) is 134 Å². The third kappa shape index (κ3) is 35.8. The molecule has 0 radical (unpaired) electrons. The summed E-state index contributed by atoms with van der Waals surface area (Å²) in [5, 5.41) is 0. The highest BCUT2D eigenvalue weighted by atomic mass is 31.2. The first-order chi connectivity index (χ1) is 27.5. The molecule has 0 amide bonds. The molecule has 1 aliphatic rings. The van der Waals surface area contributed by atoms with Crippen LogP contribution in [0, 0.1) is 0 Å². The molecule has 0 aromatic heterocycles. The smallest absolute Gasteiger partial charge is 0.462 e. The number of ether oxygens (including phenoxy) is 3. The summed E-state index contributed by atoms with van der Waals surface area (Å²) in [5.74, 6) is -0.830. The number of phosphoric ester groups is 1. The van der Waals surface area contributed by atoms with E-state index in [1.54, 1.807) is 0 Å². The van der Waals surface area contributed by atoms with Crippen molar-refractivity contribution in [3.05, 3.63) is 36.5 Å². The van der Waals surface area contributed by atoms with Crippen molar-refractivity contribution in [3.8, 4) is 0 Å². The SMILES string of the molecule is CCCCC/C=C\C/C=C\CCCCCCCCCC(=O)O[C@H](COC(=O)CCCCCCCC1OC1C/C=C\CCCCC)COP(=O)(O)OCC[N+](C)(C)C. The lowest BCUT2D eigenvalue weighted by atomic mass is 10.1. The molecule has 1 N–H and O–H groups in total. The number of epoxide rings is 1. The number of nitrogens with zero attached hydrogens (tertiary/aromatic N) is 1.